The van der Waals surface area contributed by atoms with Crippen molar-refractivity contribution in [1.82, 2.24) is 14.9 Å². The van der Waals surface area contributed by atoms with Crippen LogP contribution in [0.2, 0.25) is 10.0 Å². The van der Waals surface area contributed by atoms with E-state index in [9.17, 15) is 0 Å². The van der Waals surface area contributed by atoms with Gasteiger partial charge in [-0.3, -0.25) is 4.98 Å². The maximum Gasteiger partial charge on any atom is 0.174 e. The smallest absolute Gasteiger partial charge is 0.174 e. The van der Waals surface area contributed by atoms with Crippen LogP contribution in [0.25, 0.3) is 5.69 Å². The molecule has 0 spiro atoms. The monoisotopic (exact) mass is 478 g/mol. The molecule has 5 rings (SSSR count). The van der Waals surface area contributed by atoms with Gasteiger partial charge in [-0.1, -0.05) is 41.4 Å². The number of hydrogen-bond acceptors (Lipinski definition) is 2. The van der Waals surface area contributed by atoms with E-state index < -0.39 is 0 Å². The first kappa shape index (κ1) is 21.0. The van der Waals surface area contributed by atoms with Crippen LogP contribution in [0.5, 0.6) is 0 Å². The topological polar surface area (TPSA) is 33.1 Å². The van der Waals surface area contributed by atoms with Crippen LogP contribution < -0.4 is 10.2 Å². The van der Waals surface area contributed by atoms with Gasteiger partial charge in [-0.05, 0) is 79.3 Å². The maximum absolute atomic E-state index is 6.58. The number of hydrogen-bond donors (Lipinski definition) is 1. The molecule has 1 aliphatic rings. The Bertz CT molecular complexity index is 1290. The zero-order valence-corrected chi connectivity index (χ0v) is 19.6. The Morgan fingerprint density at radius 3 is 2.59 bits per heavy atom. The van der Waals surface area contributed by atoms with Gasteiger partial charge in [-0.15, -0.1) is 0 Å². The normalized spacial score (nSPS) is 18.1. The van der Waals surface area contributed by atoms with Crippen molar-refractivity contribution in [2.75, 3.05) is 4.90 Å². The Hall–Kier alpha value is -2.86. The predicted octanol–water partition coefficient (Wildman–Crippen LogP) is 6.66. The number of rotatable bonds is 4. The third kappa shape index (κ3) is 3.77. The molecule has 1 N–H and O–H groups in total. The quantitative estimate of drug-likeness (QED) is 0.332. The third-order valence-electron chi connectivity index (χ3n) is 5.63. The minimum absolute atomic E-state index is 0.135. The molecule has 0 bridgehead atoms. The molecule has 4 nitrogen and oxygen atoms in total. The Morgan fingerprint density at radius 1 is 0.969 bits per heavy atom. The summed E-state index contributed by atoms with van der Waals surface area (Å²) in [5, 5.41) is 5.35. The van der Waals surface area contributed by atoms with Gasteiger partial charge >= 0.3 is 0 Å². The summed E-state index contributed by atoms with van der Waals surface area (Å²) in [5.74, 6) is 0. The van der Waals surface area contributed by atoms with Crippen molar-refractivity contribution in [1.29, 1.82) is 0 Å². The van der Waals surface area contributed by atoms with Crippen LogP contribution in [0, 0.1) is 6.92 Å². The zero-order chi connectivity index (χ0) is 22.2. The van der Waals surface area contributed by atoms with E-state index in [0.29, 0.717) is 15.2 Å². The molecule has 32 heavy (non-hydrogen) atoms. The van der Waals surface area contributed by atoms with Crippen molar-refractivity contribution < 1.29 is 0 Å². The molecule has 0 amide bonds. The van der Waals surface area contributed by atoms with Crippen molar-refractivity contribution in [3.8, 4) is 5.69 Å². The molecular formula is C25H20Cl2N4S. The largest absolute Gasteiger partial charge is 0.351 e. The number of pyridine rings is 1. The third-order valence-corrected chi connectivity index (χ3v) is 6.48. The molecule has 0 saturated carbocycles. The summed E-state index contributed by atoms with van der Waals surface area (Å²) >= 11 is 18.6. The summed E-state index contributed by atoms with van der Waals surface area (Å²) in [7, 11) is 0. The summed E-state index contributed by atoms with van der Waals surface area (Å²) in [6, 6.07) is 23.7. The van der Waals surface area contributed by atoms with Crippen LogP contribution in [0.1, 0.15) is 29.0 Å². The van der Waals surface area contributed by atoms with Gasteiger partial charge in [0.05, 0.1) is 22.4 Å². The molecule has 1 aliphatic heterocycles. The lowest BCUT2D eigenvalue weighted by atomic mass is 10.0. The molecule has 0 aliphatic carbocycles. The fourth-order valence-electron chi connectivity index (χ4n) is 4.24. The molecule has 1 fully saturated rings. The first-order valence-corrected chi connectivity index (χ1v) is 11.4. The van der Waals surface area contributed by atoms with Crippen LogP contribution in [-0.4, -0.2) is 14.7 Å². The number of nitrogens with one attached hydrogen (secondary N) is 1. The highest BCUT2D eigenvalue weighted by atomic mass is 35.5. The Kier molecular flexibility index (Phi) is 5.64. The van der Waals surface area contributed by atoms with Crippen molar-refractivity contribution >= 4 is 46.2 Å². The van der Waals surface area contributed by atoms with Gasteiger partial charge < -0.3 is 14.8 Å². The highest BCUT2D eigenvalue weighted by Gasteiger charge is 2.42. The second-order valence-electron chi connectivity index (χ2n) is 7.73. The van der Waals surface area contributed by atoms with Gasteiger partial charge in [0.25, 0.3) is 0 Å². The standard InChI is InChI=1S/C25H20Cl2N4S/c1-16-6-4-7-18(14-16)31-24(23(29-25(31)32)20-8-2-3-12-28-20)22-9-5-13-30(22)21-11-10-17(26)15-19(21)27/h2-15,23-24H,1H3,(H,29,32)/t23-,24+/m1/s1. The average molecular weight is 479 g/mol. The van der Waals surface area contributed by atoms with E-state index >= 15 is 0 Å². The van der Waals surface area contributed by atoms with Gasteiger partial charge in [0.1, 0.15) is 6.04 Å². The SMILES string of the molecule is Cc1cccc(N2C(=S)N[C@H](c3ccccn3)[C@@H]2c2cccn2-c2ccc(Cl)cc2Cl)c1. The maximum atomic E-state index is 6.58. The molecule has 3 heterocycles. The fourth-order valence-corrected chi connectivity index (χ4v) is 5.09. The van der Waals surface area contributed by atoms with E-state index in [1.54, 1.807) is 6.07 Å². The van der Waals surface area contributed by atoms with E-state index in [0.717, 1.165) is 22.8 Å². The van der Waals surface area contributed by atoms with Crippen molar-refractivity contribution in [3.63, 3.8) is 0 Å². The first-order chi connectivity index (χ1) is 15.5. The molecular weight excluding hydrogens is 459 g/mol. The zero-order valence-electron chi connectivity index (χ0n) is 17.2. The number of anilines is 1. The molecule has 7 heteroatoms. The number of nitrogens with zero attached hydrogens (tertiary/aromatic N) is 3. The number of aromatic nitrogens is 2. The van der Waals surface area contributed by atoms with E-state index in [2.05, 4.69) is 51.0 Å². The summed E-state index contributed by atoms with van der Waals surface area (Å²) in [4.78, 5) is 6.79. The highest BCUT2D eigenvalue weighted by Crippen LogP contribution is 2.43. The van der Waals surface area contributed by atoms with E-state index in [4.69, 9.17) is 35.4 Å². The molecule has 1 saturated heterocycles. The molecule has 160 valence electrons. The number of halogens is 2. The van der Waals surface area contributed by atoms with Crippen LogP contribution in [0.3, 0.4) is 0 Å². The summed E-state index contributed by atoms with van der Waals surface area (Å²) in [5.41, 5.74) is 5.02. The predicted molar refractivity (Wildman–Crippen MR) is 135 cm³/mol. The van der Waals surface area contributed by atoms with Crippen molar-refractivity contribution in [2.45, 2.75) is 19.0 Å². The number of benzene rings is 2. The highest BCUT2D eigenvalue weighted by molar-refractivity contribution is 7.80. The fraction of sp³-hybridized carbons (Fsp3) is 0.120. The van der Waals surface area contributed by atoms with E-state index in [1.807, 2.05) is 54.9 Å². The van der Waals surface area contributed by atoms with Gasteiger partial charge in [0.2, 0.25) is 0 Å². The average Bonchev–Trinajstić information content (AvgIpc) is 3.38. The van der Waals surface area contributed by atoms with Gasteiger partial charge in [0, 0.05) is 28.8 Å². The molecule has 2 aromatic heterocycles. The van der Waals surface area contributed by atoms with E-state index in [-0.39, 0.29) is 12.1 Å². The first-order valence-electron chi connectivity index (χ1n) is 10.2. The summed E-state index contributed by atoms with van der Waals surface area (Å²) in [6.45, 7) is 2.08. The number of aryl methyl sites for hydroxylation is 1. The van der Waals surface area contributed by atoms with Gasteiger partial charge in [-0.2, -0.15) is 0 Å². The van der Waals surface area contributed by atoms with Gasteiger partial charge in [-0.25, -0.2) is 0 Å². The summed E-state index contributed by atoms with van der Waals surface area (Å²) < 4.78 is 2.09. The Balaban J connectivity index is 1.69. The second-order valence-corrected chi connectivity index (χ2v) is 8.96. The molecule has 0 radical (unpaired) electrons. The minimum atomic E-state index is -0.138. The molecule has 2 atom stereocenters. The second kappa shape index (κ2) is 8.58. The lowest BCUT2D eigenvalue weighted by Crippen LogP contribution is -2.30. The lowest BCUT2D eigenvalue weighted by Gasteiger charge is -2.29. The Labute approximate surface area is 202 Å². The summed E-state index contributed by atoms with van der Waals surface area (Å²) in [6.07, 6.45) is 3.82. The van der Waals surface area contributed by atoms with E-state index in [1.165, 1.54) is 5.56 Å². The van der Waals surface area contributed by atoms with Crippen LogP contribution in [-0.2, 0) is 0 Å². The Morgan fingerprint density at radius 2 is 1.84 bits per heavy atom. The molecule has 4 aromatic rings. The van der Waals surface area contributed by atoms with Crippen LogP contribution in [0.4, 0.5) is 5.69 Å². The van der Waals surface area contributed by atoms with Crippen LogP contribution >= 0.6 is 35.4 Å². The number of thiocarbonyl (C=S) groups is 1. The van der Waals surface area contributed by atoms with Crippen molar-refractivity contribution in [3.05, 3.63) is 112 Å². The molecule has 0 unspecified atom stereocenters. The lowest BCUT2D eigenvalue weighted by molar-refractivity contribution is 0.549. The minimum Gasteiger partial charge on any atom is -0.351 e. The van der Waals surface area contributed by atoms with Crippen LogP contribution in [0.15, 0.2) is 85.2 Å². The van der Waals surface area contributed by atoms with Gasteiger partial charge in [0.15, 0.2) is 5.11 Å². The molecule has 2 aromatic carbocycles. The van der Waals surface area contributed by atoms with Crippen molar-refractivity contribution in [2.24, 2.45) is 0 Å².